The summed E-state index contributed by atoms with van der Waals surface area (Å²) in [6, 6.07) is 14.7. The van der Waals surface area contributed by atoms with Gasteiger partial charge in [0.05, 0.1) is 26.1 Å². The Bertz CT molecular complexity index is 1080. The summed E-state index contributed by atoms with van der Waals surface area (Å²) in [6.45, 7) is 0.150. The van der Waals surface area contributed by atoms with Gasteiger partial charge in [-0.1, -0.05) is 24.3 Å². The molecule has 2 aromatic carbocycles. The molecule has 0 radical (unpaired) electrons. The molecule has 2 amide bonds. The number of para-hydroxylation sites is 1. The molecule has 1 aromatic heterocycles. The van der Waals surface area contributed by atoms with Crippen LogP contribution in [0.15, 0.2) is 54.7 Å². The van der Waals surface area contributed by atoms with Crippen LogP contribution in [0.1, 0.15) is 16.1 Å². The summed E-state index contributed by atoms with van der Waals surface area (Å²) in [6.07, 6.45) is 1.66. The standard InChI is InChI=1S/C23H26N4O5/c1-26(2)21(28)15-32-18-11-10-16(12-19(18)30-3)13-24-23(29)22-20(31-4)14-27(25-22)17-8-6-5-7-9-17/h5-12,14H,13,15H2,1-4H3,(H,24,29). The Morgan fingerprint density at radius 1 is 1.00 bits per heavy atom. The van der Waals surface area contributed by atoms with E-state index in [2.05, 4.69) is 10.4 Å². The first-order valence-electron chi connectivity index (χ1n) is 9.90. The topological polar surface area (TPSA) is 94.9 Å². The number of amides is 2. The number of nitrogens with zero attached hydrogens (tertiary/aromatic N) is 3. The monoisotopic (exact) mass is 438 g/mol. The first-order valence-corrected chi connectivity index (χ1v) is 9.90. The molecule has 0 aliphatic carbocycles. The van der Waals surface area contributed by atoms with E-state index in [1.165, 1.54) is 19.1 Å². The van der Waals surface area contributed by atoms with Crippen molar-refractivity contribution in [2.45, 2.75) is 6.54 Å². The highest BCUT2D eigenvalue weighted by Gasteiger charge is 2.18. The van der Waals surface area contributed by atoms with E-state index in [9.17, 15) is 9.59 Å². The summed E-state index contributed by atoms with van der Waals surface area (Å²) < 4.78 is 17.8. The Labute approximate surface area is 186 Å². The van der Waals surface area contributed by atoms with E-state index in [1.807, 2.05) is 30.3 Å². The third kappa shape index (κ3) is 5.37. The molecule has 0 saturated carbocycles. The van der Waals surface area contributed by atoms with Crippen LogP contribution in [-0.2, 0) is 11.3 Å². The van der Waals surface area contributed by atoms with Gasteiger partial charge in [-0.15, -0.1) is 0 Å². The fourth-order valence-corrected chi connectivity index (χ4v) is 2.85. The molecular formula is C23H26N4O5. The average Bonchev–Trinajstić information content (AvgIpc) is 3.26. The van der Waals surface area contributed by atoms with Gasteiger partial charge in [-0.3, -0.25) is 9.59 Å². The van der Waals surface area contributed by atoms with Crippen LogP contribution in [0.5, 0.6) is 17.2 Å². The number of aromatic nitrogens is 2. The van der Waals surface area contributed by atoms with Gasteiger partial charge in [0, 0.05) is 20.6 Å². The first-order chi connectivity index (χ1) is 15.4. The molecule has 9 heteroatoms. The van der Waals surface area contributed by atoms with Crippen molar-refractivity contribution in [3.05, 3.63) is 66.0 Å². The Hall–Kier alpha value is -4.01. The number of benzene rings is 2. The third-order valence-electron chi connectivity index (χ3n) is 4.67. The Balaban J connectivity index is 1.68. The molecule has 9 nitrogen and oxygen atoms in total. The molecule has 32 heavy (non-hydrogen) atoms. The normalized spacial score (nSPS) is 10.4. The highest BCUT2D eigenvalue weighted by Crippen LogP contribution is 2.28. The van der Waals surface area contributed by atoms with Gasteiger partial charge in [0.25, 0.3) is 11.8 Å². The molecule has 1 N–H and O–H groups in total. The van der Waals surface area contributed by atoms with E-state index >= 15 is 0 Å². The molecule has 168 valence electrons. The quantitative estimate of drug-likeness (QED) is 0.551. The van der Waals surface area contributed by atoms with Crippen molar-refractivity contribution >= 4 is 11.8 Å². The molecule has 1 heterocycles. The maximum atomic E-state index is 12.7. The summed E-state index contributed by atoms with van der Waals surface area (Å²) in [5.41, 5.74) is 1.80. The van der Waals surface area contributed by atoms with Crippen LogP contribution >= 0.6 is 0 Å². The zero-order valence-corrected chi connectivity index (χ0v) is 18.5. The van der Waals surface area contributed by atoms with Crippen molar-refractivity contribution in [2.24, 2.45) is 0 Å². The van der Waals surface area contributed by atoms with Gasteiger partial charge >= 0.3 is 0 Å². The number of carbonyl (C=O) groups is 2. The lowest BCUT2D eigenvalue weighted by Crippen LogP contribution is -2.27. The number of hydrogen-bond donors (Lipinski definition) is 1. The Kier molecular flexibility index (Phi) is 7.33. The van der Waals surface area contributed by atoms with E-state index in [-0.39, 0.29) is 30.7 Å². The fraction of sp³-hybridized carbons (Fsp3) is 0.261. The van der Waals surface area contributed by atoms with Crippen LogP contribution in [0.2, 0.25) is 0 Å². The van der Waals surface area contributed by atoms with Gasteiger partial charge in [-0.25, -0.2) is 4.68 Å². The van der Waals surface area contributed by atoms with Crippen LogP contribution in [0, 0.1) is 0 Å². The largest absolute Gasteiger partial charge is 0.493 e. The summed E-state index contributed by atoms with van der Waals surface area (Å²) in [7, 11) is 6.33. The van der Waals surface area contributed by atoms with Gasteiger partial charge in [0.1, 0.15) is 0 Å². The number of rotatable bonds is 9. The van der Waals surface area contributed by atoms with Crippen molar-refractivity contribution in [3.63, 3.8) is 0 Å². The number of ether oxygens (including phenoxy) is 3. The molecule has 3 aromatic rings. The van der Waals surface area contributed by atoms with Gasteiger partial charge < -0.3 is 24.4 Å². The van der Waals surface area contributed by atoms with Crippen LogP contribution in [-0.4, -0.2) is 61.4 Å². The fourth-order valence-electron chi connectivity index (χ4n) is 2.85. The first kappa shape index (κ1) is 22.7. The number of hydrogen-bond acceptors (Lipinski definition) is 6. The molecule has 0 aliphatic rings. The zero-order valence-electron chi connectivity index (χ0n) is 18.5. The van der Waals surface area contributed by atoms with E-state index in [4.69, 9.17) is 14.2 Å². The van der Waals surface area contributed by atoms with E-state index in [0.717, 1.165) is 11.3 Å². The second-order valence-corrected chi connectivity index (χ2v) is 7.07. The highest BCUT2D eigenvalue weighted by atomic mass is 16.5. The molecule has 0 atom stereocenters. The lowest BCUT2D eigenvalue weighted by atomic mass is 10.2. The second kappa shape index (κ2) is 10.3. The van der Waals surface area contributed by atoms with Crippen molar-refractivity contribution in [1.29, 1.82) is 0 Å². The number of methoxy groups -OCH3 is 2. The van der Waals surface area contributed by atoms with Crippen molar-refractivity contribution in [2.75, 3.05) is 34.9 Å². The maximum absolute atomic E-state index is 12.7. The number of nitrogens with one attached hydrogen (secondary N) is 1. The smallest absolute Gasteiger partial charge is 0.275 e. The van der Waals surface area contributed by atoms with E-state index < -0.39 is 0 Å². The molecule has 0 spiro atoms. The summed E-state index contributed by atoms with van der Waals surface area (Å²) in [4.78, 5) is 25.9. The van der Waals surface area contributed by atoms with Gasteiger partial charge in [0.15, 0.2) is 29.5 Å². The Morgan fingerprint density at radius 2 is 1.72 bits per heavy atom. The minimum absolute atomic E-state index is 0.0939. The maximum Gasteiger partial charge on any atom is 0.275 e. The number of likely N-dealkylation sites (N-methyl/N-ethyl adjacent to an activating group) is 1. The van der Waals surface area contributed by atoms with Crippen molar-refractivity contribution in [3.8, 4) is 22.9 Å². The van der Waals surface area contributed by atoms with Crippen LogP contribution < -0.4 is 19.5 Å². The Morgan fingerprint density at radius 3 is 2.38 bits per heavy atom. The highest BCUT2D eigenvalue weighted by molar-refractivity contribution is 5.94. The summed E-state index contributed by atoms with van der Waals surface area (Å²) in [5, 5.41) is 7.20. The van der Waals surface area contributed by atoms with Crippen molar-refractivity contribution in [1.82, 2.24) is 20.0 Å². The summed E-state index contributed by atoms with van der Waals surface area (Å²) in [5.74, 6) is 0.758. The molecule has 0 unspecified atom stereocenters. The number of carbonyl (C=O) groups excluding carboxylic acids is 2. The molecule has 3 rings (SSSR count). The third-order valence-corrected chi connectivity index (χ3v) is 4.67. The molecule has 0 bridgehead atoms. The lowest BCUT2D eigenvalue weighted by Gasteiger charge is -2.14. The van der Waals surface area contributed by atoms with E-state index in [1.54, 1.807) is 43.2 Å². The minimum Gasteiger partial charge on any atom is -0.493 e. The molecule has 0 fully saturated rings. The van der Waals surface area contributed by atoms with Gasteiger partial charge in [-0.05, 0) is 29.8 Å². The van der Waals surface area contributed by atoms with E-state index in [0.29, 0.717) is 17.2 Å². The van der Waals surface area contributed by atoms with Gasteiger partial charge in [0.2, 0.25) is 0 Å². The predicted molar refractivity (Wildman–Crippen MR) is 118 cm³/mol. The van der Waals surface area contributed by atoms with Crippen LogP contribution in [0.4, 0.5) is 0 Å². The zero-order chi connectivity index (χ0) is 23.1. The lowest BCUT2D eigenvalue weighted by molar-refractivity contribution is -0.130. The van der Waals surface area contributed by atoms with Crippen LogP contribution in [0.3, 0.4) is 0 Å². The average molecular weight is 438 g/mol. The molecule has 0 saturated heterocycles. The molecular weight excluding hydrogens is 412 g/mol. The van der Waals surface area contributed by atoms with Crippen molar-refractivity contribution < 1.29 is 23.8 Å². The summed E-state index contributed by atoms with van der Waals surface area (Å²) >= 11 is 0. The molecule has 0 aliphatic heterocycles. The SMILES string of the molecule is COc1cc(CNC(=O)c2nn(-c3ccccc3)cc2OC)ccc1OCC(=O)N(C)C. The second-order valence-electron chi connectivity index (χ2n) is 7.07. The predicted octanol–water partition coefficient (Wildman–Crippen LogP) is 2.29. The van der Waals surface area contributed by atoms with Crippen LogP contribution in [0.25, 0.3) is 5.69 Å². The van der Waals surface area contributed by atoms with Gasteiger partial charge in [-0.2, -0.15) is 5.10 Å². The minimum atomic E-state index is -0.368.